The van der Waals surface area contributed by atoms with Gasteiger partial charge in [0.15, 0.2) is 11.9 Å². The standard InChI is InChI=1S/C40H46N4O6/c1-9-39(4,5)27-13-20-35(31(21-27)40(6,7)10-2)49-25(3)37(46)43-33-22-34(45)32(23-36(33)50-30-18-16-29(48-8)17-19-30)44-38(47)42-28-14-11-26(24-41)12-15-28/h11-23,25,45H,9-10H2,1-8H3,(H,43,46)(H2,42,44,47). The highest BCUT2D eigenvalue weighted by molar-refractivity contribution is 6.02. The quantitative estimate of drug-likeness (QED) is 0.103. The topological polar surface area (TPSA) is 142 Å². The van der Waals surface area contributed by atoms with Gasteiger partial charge in [-0.15, -0.1) is 0 Å². The fourth-order valence-corrected chi connectivity index (χ4v) is 4.99. The second-order valence-electron chi connectivity index (χ2n) is 13.3. The van der Waals surface area contributed by atoms with Crippen molar-refractivity contribution in [3.63, 3.8) is 0 Å². The van der Waals surface area contributed by atoms with Crippen LogP contribution < -0.4 is 30.2 Å². The zero-order chi connectivity index (χ0) is 36.6. The van der Waals surface area contributed by atoms with Gasteiger partial charge in [0.25, 0.3) is 5.91 Å². The first-order chi connectivity index (χ1) is 23.7. The largest absolute Gasteiger partial charge is 0.506 e. The van der Waals surface area contributed by atoms with Gasteiger partial charge in [0.05, 0.1) is 30.1 Å². The van der Waals surface area contributed by atoms with Crippen molar-refractivity contribution in [1.82, 2.24) is 0 Å². The zero-order valence-electron chi connectivity index (χ0n) is 29.9. The molecule has 1 unspecified atom stereocenters. The van der Waals surface area contributed by atoms with Crippen LogP contribution in [0.15, 0.2) is 78.9 Å². The number of amides is 3. The molecule has 4 aromatic carbocycles. The van der Waals surface area contributed by atoms with Crippen molar-refractivity contribution < 1.29 is 28.9 Å². The maximum Gasteiger partial charge on any atom is 0.323 e. The Bertz CT molecular complexity index is 1860. The molecule has 4 aromatic rings. The number of nitrogens with zero attached hydrogens (tertiary/aromatic N) is 1. The number of hydrogen-bond acceptors (Lipinski definition) is 7. The van der Waals surface area contributed by atoms with Gasteiger partial charge in [-0.25, -0.2) is 4.79 Å². The Morgan fingerprint density at radius 2 is 1.44 bits per heavy atom. The molecule has 0 spiro atoms. The third kappa shape index (κ3) is 9.05. The summed E-state index contributed by atoms with van der Waals surface area (Å²) in [6.45, 7) is 14.7. The normalized spacial score (nSPS) is 11.9. The van der Waals surface area contributed by atoms with E-state index < -0.39 is 18.0 Å². The van der Waals surface area contributed by atoms with Crippen molar-refractivity contribution >= 4 is 29.0 Å². The number of methoxy groups -OCH3 is 1. The van der Waals surface area contributed by atoms with Gasteiger partial charge in [-0.05, 0) is 90.8 Å². The molecule has 0 aromatic heterocycles. The maximum absolute atomic E-state index is 13.6. The number of carbonyl (C=O) groups excluding carboxylic acids is 2. The predicted molar refractivity (Wildman–Crippen MR) is 197 cm³/mol. The fourth-order valence-electron chi connectivity index (χ4n) is 4.99. The summed E-state index contributed by atoms with van der Waals surface area (Å²) in [4.78, 5) is 26.5. The number of nitriles is 1. The van der Waals surface area contributed by atoms with Crippen molar-refractivity contribution in [3.05, 3.63) is 95.6 Å². The second kappa shape index (κ2) is 15.7. The van der Waals surface area contributed by atoms with E-state index in [9.17, 15) is 14.7 Å². The van der Waals surface area contributed by atoms with Crippen molar-refractivity contribution in [2.75, 3.05) is 23.1 Å². The molecule has 4 N–H and O–H groups in total. The van der Waals surface area contributed by atoms with Gasteiger partial charge in [0.2, 0.25) is 0 Å². The van der Waals surface area contributed by atoms with Gasteiger partial charge in [0, 0.05) is 23.4 Å². The Morgan fingerprint density at radius 3 is 2.04 bits per heavy atom. The highest BCUT2D eigenvalue weighted by Gasteiger charge is 2.28. The van der Waals surface area contributed by atoms with Crippen LogP contribution in [0.4, 0.5) is 21.9 Å². The van der Waals surface area contributed by atoms with E-state index >= 15 is 0 Å². The van der Waals surface area contributed by atoms with Crippen LogP contribution in [0.1, 0.15) is 78.0 Å². The van der Waals surface area contributed by atoms with Crippen molar-refractivity contribution in [2.45, 2.75) is 78.2 Å². The summed E-state index contributed by atoms with van der Waals surface area (Å²) >= 11 is 0. The second-order valence-corrected chi connectivity index (χ2v) is 13.3. The van der Waals surface area contributed by atoms with Gasteiger partial charge in [-0.2, -0.15) is 5.26 Å². The maximum atomic E-state index is 13.6. The molecule has 0 bridgehead atoms. The molecule has 0 aliphatic heterocycles. The average molecular weight is 679 g/mol. The number of urea groups is 1. The van der Waals surface area contributed by atoms with E-state index in [1.165, 1.54) is 17.7 Å². The minimum Gasteiger partial charge on any atom is -0.506 e. The van der Waals surface area contributed by atoms with E-state index in [4.69, 9.17) is 19.5 Å². The molecule has 0 saturated heterocycles. The van der Waals surface area contributed by atoms with Gasteiger partial charge in [-0.1, -0.05) is 53.7 Å². The summed E-state index contributed by atoms with van der Waals surface area (Å²) in [6.07, 6.45) is 0.928. The molecule has 0 fully saturated rings. The molecular formula is C40H46N4O6. The first-order valence-corrected chi connectivity index (χ1v) is 16.6. The molecule has 3 amide bonds. The van der Waals surface area contributed by atoms with Crippen LogP contribution in [0.25, 0.3) is 0 Å². The number of benzene rings is 4. The summed E-state index contributed by atoms with van der Waals surface area (Å²) in [5, 5.41) is 28.1. The molecule has 50 heavy (non-hydrogen) atoms. The van der Waals surface area contributed by atoms with Gasteiger partial charge in [0.1, 0.15) is 23.0 Å². The molecule has 0 aliphatic rings. The van der Waals surface area contributed by atoms with Gasteiger partial charge >= 0.3 is 6.03 Å². The number of aromatic hydroxyl groups is 1. The molecule has 4 rings (SSSR count). The van der Waals surface area contributed by atoms with Crippen LogP contribution in [-0.2, 0) is 15.6 Å². The smallest absolute Gasteiger partial charge is 0.323 e. The number of carbonyl (C=O) groups is 2. The zero-order valence-corrected chi connectivity index (χ0v) is 29.9. The van der Waals surface area contributed by atoms with Crippen LogP contribution in [0.3, 0.4) is 0 Å². The first kappa shape index (κ1) is 37.1. The molecule has 10 nitrogen and oxygen atoms in total. The average Bonchev–Trinajstić information content (AvgIpc) is 3.10. The van der Waals surface area contributed by atoms with E-state index in [1.807, 2.05) is 12.1 Å². The highest BCUT2D eigenvalue weighted by atomic mass is 16.5. The van der Waals surface area contributed by atoms with E-state index in [-0.39, 0.29) is 33.7 Å². The number of rotatable bonds is 13. The lowest BCUT2D eigenvalue weighted by atomic mass is 9.76. The monoisotopic (exact) mass is 678 g/mol. The Kier molecular flexibility index (Phi) is 11.6. The highest BCUT2D eigenvalue weighted by Crippen LogP contribution is 2.41. The van der Waals surface area contributed by atoms with E-state index in [1.54, 1.807) is 62.6 Å². The molecule has 10 heteroatoms. The summed E-state index contributed by atoms with van der Waals surface area (Å²) in [5.74, 6) is 1.04. The SMILES string of the molecule is CCC(C)(C)c1ccc(OC(C)C(=O)Nc2cc(O)c(NC(=O)Nc3ccc(C#N)cc3)cc2Oc2ccc(OC)cc2)c(C(C)(C)CC)c1. The lowest BCUT2D eigenvalue weighted by Crippen LogP contribution is -2.31. The van der Waals surface area contributed by atoms with Crippen LogP contribution in [0.2, 0.25) is 0 Å². The number of anilines is 3. The molecule has 262 valence electrons. The Hall–Kier alpha value is -5.69. The molecule has 0 heterocycles. The minimum absolute atomic E-state index is 0.0201. The Morgan fingerprint density at radius 1 is 0.800 bits per heavy atom. The molecular weight excluding hydrogens is 632 g/mol. The molecule has 0 saturated carbocycles. The van der Waals surface area contributed by atoms with Crippen LogP contribution in [-0.4, -0.2) is 30.3 Å². The lowest BCUT2D eigenvalue weighted by Gasteiger charge is -2.31. The minimum atomic E-state index is -0.918. The summed E-state index contributed by atoms with van der Waals surface area (Å²) in [5.41, 5.74) is 3.09. The number of hydrogen-bond donors (Lipinski definition) is 4. The molecule has 0 aliphatic carbocycles. The van der Waals surface area contributed by atoms with Crippen molar-refractivity contribution in [2.24, 2.45) is 0 Å². The Balaban J connectivity index is 1.61. The van der Waals surface area contributed by atoms with Crippen molar-refractivity contribution in [1.29, 1.82) is 5.26 Å². The summed E-state index contributed by atoms with van der Waals surface area (Å²) in [7, 11) is 1.56. The number of nitrogens with one attached hydrogen (secondary N) is 3. The summed E-state index contributed by atoms with van der Waals surface area (Å²) in [6, 6.07) is 23.4. The molecule has 1 atom stereocenters. The molecule has 0 radical (unpaired) electrons. The first-order valence-electron chi connectivity index (χ1n) is 16.6. The van der Waals surface area contributed by atoms with E-state index in [0.29, 0.717) is 28.5 Å². The Labute approximate surface area is 294 Å². The van der Waals surface area contributed by atoms with E-state index in [0.717, 1.165) is 18.4 Å². The third-order valence-electron chi connectivity index (χ3n) is 9.09. The predicted octanol–water partition coefficient (Wildman–Crippen LogP) is 9.49. The van der Waals surface area contributed by atoms with Crippen LogP contribution in [0.5, 0.6) is 28.7 Å². The number of phenols is 1. The van der Waals surface area contributed by atoms with Gasteiger partial charge in [-0.3, -0.25) is 4.79 Å². The third-order valence-corrected chi connectivity index (χ3v) is 9.09. The van der Waals surface area contributed by atoms with Gasteiger partial charge < -0.3 is 35.3 Å². The van der Waals surface area contributed by atoms with E-state index in [2.05, 4.69) is 69.6 Å². The van der Waals surface area contributed by atoms with Crippen molar-refractivity contribution in [3.8, 4) is 34.8 Å². The van der Waals surface area contributed by atoms with Crippen LogP contribution >= 0.6 is 0 Å². The number of ether oxygens (including phenoxy) is 3. The lowest BCUT2D eigenvalue weighted by molar-refractivity contribution is -0.122. The fraction of sp³-hybridized carbons (Fsp3) is 0.325. The summed E-state index contributed by atoms with van der Waals surface area (Å²) < 4.78 is 17.7. The number of phenolic OH excluding ortho intramolecular Hbond substituents is 1. The van der Waals surface area contributed by atoms with Crippen LogP contribution in [0, 0.1) is 11.3 Å².